The Morgan fingerprint density at radius 1 is 1.04 bits per heavy atom. The summed E-state index contributed by atoms with van der Waals surface area (Å²) in [6.07, 6.45) is 0. The average Bonchev–Trinajstić information content (AvgIpc) is 3.01. The van der Waals surface area contributed by atoms with E-state index in [-0.39, 0.29) is 10.8 Å². The van der Waals surface area contributed by atoms with Gasteiger partial charge in [-0.3, -0.25) is 9.36 Å². The molecule has 0 saturated carbocycles. The van der Waals surface area contributed by atoms with E-state index in [1.54, 1.807) is 23.9 Å². The van der Waals surface area contributed by atoms with E-state index in [9.17, 15) is 4.79 Å². The second kappa shape index (κ2) is 7.79. The van der Waals surface area contributed by atoms with Crippen molar-refractivity contribution in [2.45, 2.75) is 16.5 Å². The molecule has 0 N–H and O–H groups in total. The van der Waals surface area contributed by atoms with Crippen LogP contribution in [0.25, 0.3) is 11.0 Å². The van der Waals surface area contributed by atoms with E-state index >= 15 is 0 Å². The van der Waals surface area contributed by atoms with Crippen molar-refractivity contribution in [3.63, 3.8) is 0 Å². The molecule has 4 aromatic rings. The lowest BCUT2D eigenvalue weighted by Crippen LogP contribution is -2.19. The monoisotopic (exact) mass is 450 g/mol. The fourth-order valence-corrected chi connectivity index (χ4v) is 4.35. The number of halogens is 3. The Balaban J connectivity index is 1.89. The van der Waals surface area contributed by atoms with Crippen LogP contribution >= 0.6 is 46.6 Å². The highest BCUT2D eigenvalue weighted by atomic mass is 35.5. The van der Waals surface area contributed by atoms with Gasteiger partial charge in [0.05, 0.1) is 16.6 Å². The molecule has 0 saturated heterocycles. The molecule has 0 atom stereocenters. The number of hydrogen-bond acceptors (Lipinski definition) is 4. The summed E-state index contributed by atoms with van der Waals surface area (Å²) in [6.45, 7) is 0.456. The molecule has 4 rings (SSSR count). The van der Waals surface area contributed by atoms with Gasteiger partial charge in [-0.15, -0.1) is 0 Å². The van der Waals surface area contributed by atoms with Crippen molar-refractivity contribution < 1.29 is 0 Å². The fraction of sp³-hybridized carbons (Fsp3) is 0.105. The number of aromatic nitrogens is 4. The maximum atomic E-state index is 12.9. The molecule has 0 aliphatic rings. The van der Waals surface area contributed by atoms with Crippen molar-refractivity contribution in [3.05, 3.63) is 79.8 Å². The zero-order chi connectivity index (χ0) is 19.8. The number of fused-ring (bicyclic) bond motifs is 1. The Morgan fingerprint density at radius 2 is 1.79 bits per heavy atom. The first-order valence-electron chi connectivity index (χ1n) is 8.24. The molecule has 28 heavy (non-hydrogen) atoms. The molecular formula is C19H13Cl3N4OS. The van der Waals surface area contributed by atoms with E-state index in [4.69, 9.17) is 34.8 Å². The van der Waals surface area contributed by atoms with E-state index in [0.717, 1.165) is 5.56 Å². The second-order valence-electron chi connectivity index (χ2n) is 6.05. The molecular weight excluding hydrogens is 439 g/mol. The lowest BCUT2D eigenvalue weighted by molar-refractivity contribution is 0.680. The van der Waals surface area contributed by atoms with Gasteiger partial charge in [-0.25, -0.2) is 4.68 Å². The molecule has 142 valence electrons. The fourth-order valence-electron chi connectivity index (χ4n) is 2.75. The third-order valence-corrected chi connectivity index (χ3v) is 6.49. The molecule has 5 nitrogen and oxygen atoms in total. The van der Waals surface area contributed by atoms with Crippen LogP contribution in [0.3, 0.4) is 0 Å². The summed E-state index contributed by atoms with van der Waals surface area (Å²) in [4.78, 5) is 18.0. The van der Waals surface area contributed by atoms with Gasteiger partial charge in [0.15, 0.2) is 5.65 Å². The molecule has 0 spiro atoms. The van der Waals surface area contributed by atoms with E-state index in [2.05, 4.69) is 10.1 Å². The van der Waals surface area contributed by atoms with Gasteiger partial charge in [-0.05, 0) is 29.3 Å². The van der Waals surface area contributed by atoms with Gasteiger partial charge in [0.1, 0.15) is 10.4 Å². The van der Waals surface area contributed by atoms with Gasteiger partial charge < -0.3 is 0 Å². The smallest absolute Gasteiger partial charge is 0.266 e. The third-order valence-electron chi connectivity index (χ3n) is 4.18. The van der Waals surface area contributed by atoms with E-state index in [1.807, 2.05) is 36.4 Å². The average molecular weight is 452 g/mol. The first kappa shape index (κ1) is 19.3. The van der Waals surface area contributed by atoms with Crippen LogP contribution in [-0.4, -0.2) is 19.3 Å². The first-order valence-corrected chi connectivity index (χ1v) is 10.2. The van der Waals surface area contributed by atoms with Gasteiger partial charge in [-0.1, -0.05) is 71.4 Å². The number of rotatable bonds is 4. The van der Waals surface area contributed by atoms with Crippen molar-refractivity contribution in [2.24, 2.45) is 7.05 Å². The molecule has 0 amide bonds. The van der Waals surface area contributed by atoms with Crippen LogP contribution in [0.5, 0.6) is 0 Å². The van der Waals surface area contributed by atoms with Crippen LogP contribution in [-0.2, 0) is 13.6 Å². The number of nitrogens with zero attached hydrogens (tertiary/aromatic N) is 4. The summed E-state index contributed by atoms with van der Waals surface area (Å²) in [7, 11) is 1.58. The van der Waals surface area contributed by atoms with Gasteiger partial charge >= 0.3 is 0 Å². The minimum atomic E-state index is -0.269. The molecule has 0 fully saturated rings. The van der Waals surface area contributed by atoms with Crippen molar-refractivity contribution in [1.82, 2.24) is 19.3 Å². The quantitative estimate of drug-likeness (QED) is 0.396. The summed E-state index contributed by atoms with van der Waals surface area (Å²) >= 11 is 19.9. The van der Waals surface area contributed by atoms with Gasteiger partial charge in [0, 0.05) is 11.9 Å². The predicted molar refractivity (Wildman–Crippen MR) is 114 cm³/mol. The Bertz CT molecular complexity index is 1240. The highest BCUT2D eigenvalue weighted by Crippen LogP contribution is 2.38. The number of hydrogen-bond donors (Lipinski definition) is 0. The number of benzene rings is 2. The summed E-state index contributed by atoms with van der Waals surface area (Å²) in [5, 5.41) is 6.48. The predicted octanol–water partition coefficient (Wildman–Crippen LogP) is 5.29. The lowest BCUT2D eigenvalue weighted by atomic mass is 10.2. The molecule has 0 radical (unpaired) electrons. The first-order chi connectivity index (χ1) is 13.5. The van der Waals surface area contributed by atoms with Crippen LogP contribution in [0, 0.1) is 0 Å². The van der Waals surface area contributed by atoms with Crippen LogP contribution in [0.4, 0.5) is 0 Å². The highest BCUT2D eigenvalue weighted by Gasteiger charge is 2.20. The summed E-state index contributed by atoms with van der Waals surface area (Å²) in [5.41, 5.74) is 1.19. The lowest BCUT2D eigenvalue weighted by Gasteiger charge is -2.04. The van der Waals surface area contributed by atoms with Crippen molar-refractivity contribution in [2.75, 3.05) is 0 Å². The Morgan fingerprint density at radius 3 is 2.54 bits per heavy atom. The maximum Gasteiger partial charge on any atom is 0.266 e. The summed E-state index contributed by atoms with van der Waals surface area (Å²) in [6, 6.07) is 15.1. The van der Waals surface area contributed by atoms with E-state index < -0.39 is 0 Å². The molecule has 2 heterocycles. The van der Waals surface area contributed by atoms with Crippen LogP contribution in [0.2, 0.25) is 15.3 Å². The zero-order valence-corrected chi connectivity index (χ0v) is 17.6. The summed E-state index contributed by atoms with van der Waals surface area (Å²) in [5.74, 6) is 0. The van der Waals surface area contributed by atoms with E-state index in [0.29, 0.717) is 37.5 Å². The van der Waals surface area contributed by atoms with Crippen LogP contribution in [0.15, 0.2) is 63.2 Å². The molecule has 2 aromatic carbocycles. The topological polar surface area (TPSA) is 52.7 Å². The van der Waals surface area contributed by atoms with Crippen molar-refractivity contribution in [3.8, 4) is 0 Å². The van der Waals surface area contributed by atoms with Gasteiger partial charge in [0.2, 0.25) is 5.28 Å². The molecule has 2 aromatic heterocycles. The SMILES string of the molecule is Cn1c(Cl)nc2c(c(Sc3cccc(Cl)c3Cl)nn2Cc2ccccc2)c1=O. The van der Waals surface area contributed by atoms with Crippen LogP contribution < -0.4 is 5.56 Å². The van der Waals surface area contributed by atoms with Crippen LogP contribution in [0.1, 0.15) is 5.56 Å². The zero-order valence-electron chi connectivity index (χ0n) is 14.6. The van der Waals surface area contributed by atoms with E-state index in [1.165, 1.54) is 16.3 Å². The summed E-state index contributed by atoms with van der Waals surface area (Å²) < 4.78 is 2.97. The molecule has 9 heteroatoms. The normalized spacial score (nSPS) is 11.3. The largest absolute Gasteiger partial charge is 0.286 e. The third kappa shape index (κ3) is 3.53. The molecule has 0 bridgehead atoms. The van der Waals surface area contributed by atoms with Gasteiger partial charge in [-0.2, -0.15) is 10.1 Å². The minimum Gasteiger partial charge on any atom is -0.286 e. The molecule has 0 aliphatic heterocycles. The van der Waals surface area contributed by atoms with Crippen molar-refractivity contribution >= 4 is 57.6 Å². The van der Waals surface area contributed by atoms with Gasteiger partial charge in [0.25, 0.3) is 5.56 Å². The standard InChI is InChI=1S/C19H13Cl3N4OS/c1-25-18(27)14-16(23-19(25)22)26(10-11-6-3-2-4-7-11)24-17(14)28-13-9-5-8-12(20)15(13)21/h2-9H,10H2,1H3. The Hall–Kier alpha value is -1.99. The second-order valence-corrected chi connectivity index (χ2v) is 8.20. The molecule has 0 unspecified atom stereocenters. The Labute approximate surface area is 179 Å². The Kier molecular flexibility index (Phi) is 5.38. The highest BCUT2D eigenvalue weighted by molar-refractivity contribution is 7.99. The minimum absolute atomic E-state index is 0.101. The molecule has 0 aliphatic carbocycles. The van der Waals surface area contributed by atoms with Crippen molar-refractivity contribution in [1.29, 1.82) is 0 Å². The maximum absolute atomic E-state index is 12.9.